The summed E-state index contributed by atoms with van der Waals surface area (Å²) in [5.74, 6) is -0.148. The van der Waals surface area contributed by atoms with E-state index >= 15 is 0 Å². The maximum atomic E-state index is 13.8. The highest BCUT2D eigenvalue weighted by Crippen LogP contribution is 2.28. The van der Waals surface area contributed by atoms with Crippen molar-refractivity contribution in [2.24, 2.45) is 0 Å². The van der Waals surface area contributed by atoms with Crippen molar-refractivity contribution < 1.29 is 4.79 Å². The number of thiophene rings is 1. The molecule has 5 rings (SSSR count). The Labute approximate surface area is 209 Å². The van der Waals surface area contributed by atoms with E-state index in [9.17, 15) is 4.79 Å². The van der Waals surface area contributed by atoms with Gasteiger partial charge in [0.25, 0.3) is 5.91 Å². The summed E-state index contributed by atoms with van der Waals surface area (Å²) in [6.45, 7) is 4.12. The normalized spacial score (nSPS) is 11.8. The van der Waals surface area contributed by atoms with Crippen molar-refractivity contribution in [3.63, 3.8) is 0 Å². The van der Waals surface area contributed by atoms with Crippen LogP contribution in [0.3, 0.4) is 0 Å². The van der Waals surface area contributed by atoms with E-state index in [-0.39, 0.29) is 11.9 Å². The molecular formula is C30H27N3OS. The first-order valence-corrected chi connectivity index (χ1v) is 12.6. The number of hydrogen-bond donors (Lipinski definition) is 1. The molecule has 1 unspecified atom stereocenters. The van der Waals surface area contributed by atoms with Gasteiger partial charge in [0.1, 0.15) is 11.4 Å². The average molecular weight is 478 g/mol. The van der Waals surface area contributed by atoms with E-state index in [0.29, 0.717) is 12.1 Å². The Morgan fingerprint density at radius 2 is 1.66 bits per heavy atom. The van der Waals surface area contributed by atoms with Gasteiger partial charge in [0.2, 0.25) is 0 Å². The number of aryl methyl sites for hydroxylation is 2. The molecule has 4 nitrogen and oxygen atoms in total. The van der Waals surface area contributed by atoms with Gasteiger partial charge >= 0.3 is 0 Å². The van der Waals surface area contributed by atoms with Gasteiger partial charge in [-0.15, -0.1) is 11.3 Å². The topological polar surface area (TPSA) is 46.9 Å². The summed E-state index contributed by atoms with van der Waals surface area (Å²) in [4.78, 5) is 14.8. The first-order valence-electron chi connectivity index (χ1n) is 11.7. The predicted molar refractivity (Wildman–Crippen MR) is 143 cm³/mol. The zero-order valence-corrected chi connectivity index (χ0v) is 20.6. The molecule has 2 heterocycles. The van der Waals surface area contributed by atoms with Gasteiger partial charge in [-0.1, -0.05) is 84.4 Å². The maximum absolute atomic E-state index is 13.8. The van der Waals surface area contributed by atoms with Crippen LogP contribution in [-0.2, 0) is 6.42 Å². The number of carbonyl (C=O) groups excluding carboxylic acids is 1. The highest BCUT2D eigenvalue weighted by Gasteiger charge is 2.23. The van der Waals surface area contributed by atoms with Gasteiger partial charge < -0.3 is 5.32 Å². The molecule has 1 amide bonds. The van der Waals surface area contributed by atoms with Gasteiger partial charge in [-0.2, -0.15) is 5.10 Å². The quantitative estimate of drug-likeness (QED) is 0.276. The second-order valence-corrected chi connectivity index (χ2v) is 9.67. The second kappa shape index (κ2) is 10.1. The van der Waals surface area contributed by atoms with Gasteiger partial charge in [0.05, 0.1) is 16.6 Å². The van der Waals surface area contributed by atoms with Crippen molar-refractivity contribution in [1.82, 2.24) is 15.1 Å². The van der Waals surface area contributed by atoms with E-state index in [1.807, 2.05) is 66.0 Å². The molecule has 0 saturated carbocycles. The highest BCUT2D eigenvalue weighted by molar-refractivity contribution is 7.13. The molecule has 35 heavy (non-hydrogen) atoms. The summed E-state index contributed by atoms with van der Waals surface area (Å²) in [5.41, 5.74) is 6.71. The van der Waals surface area contributed by atoms with E-state index < -0.39 is 0 Å². The van der Waals surface area contributed by atoms with Crippen molar-refractivity contribution in [2.45, 2.75) is 26.3 Å². The van der Waals surface area contributed by atoms with Gasteiger partial charge in [0.15, 0.2) is 0 Å². The average Bonchev–Trinajstić information content (AvgIpc) is 3.55. The maximum Gasteiger partial charge on any atom is 0.270 e. The first kappa shape index (κ1) is 22.8. The summed E-state index contributed by atoms with van der Waals surface area (Å²) in [6, 6.07) is 32.4. The fourth-order valence-corrected chi connectivity index (χ4v) is 5.02. The predicted octanol–water partition coefficient (Wildman–Crippen LogP) is 6.93. The molecule has 174 valence electrons. The van der Waals surface area contributed by atoms with Crippen LogP contribution in [0, 0.1) is 13.8 Å². The number of aromatic nitrogens is 2. The fraction of sp³-hybridized carbons (Fsp3) is 0.133. The molecule has 0 bridgehead atoms. The molecule has 0 aliphatic rings. The zero-order chi connectivity index (χ0) is 24.2. The molecule has 0 fully saturated rings. The van der Waals surface area contributed by atoms with Crippen LogP contribution in [0.1, 0.15) is 38.8 Å². The lowest BCUT2D eigenvalue weighted by atomic mass is 9.98. The Morgan fingerprint density at radius 1 is 0.914 bits per heavy atom. The smallest absolute Gasteiger partial charge is 0.270 e. The van der Waals surface area contributed by atoms with Gasteiger partial charge in [0, 0.05) is 0 Å². The van der Waals surface area contributed by atoms with Crippen molar-refractivity contribution >= 4 is 17.2 Å². The minimum Gasteiger partial charge on any atom is -0.344 e. The minimum absolute atomic E-state index is 0.148. The van der Waals surface area contributed by atoms with Crippen LogP contribution in [0.5, 0.6) is 0 Å². The van der Waals surface area contributed by atoms with Crippen LogP contribution in [0.4, 0.5) is 0 Å². The van der Waals surface area contributed by atoms with Crippen molar-refractivity contribution in [3.8, 4) is 16.3 Å². The Bertz CT molecular complexity index is 1420. The summed E-state index contributed by atoms with van der Waals surface area (Å²) < 4.78 is 1.78. The van der Waals surface area contributed by atoms with Gasteiger partial charge in [-0.3, -0.25) is 4.79 Å². The number of nitrogens with zero attached hydrogens (tertiary/aromatic N) is 2. The summed E-state index contributed by atoms with van der Waals surface area (Å²) in [6.07, 6.45) is 0.700. The summed E-state index contributed by atoms with van der Waals surface area (Å²) >= 11 is 1.62. The van der Waals surface area contributed by atoms with E-state index in [4.69, 9.17) is 5.10 Å². The number of rotatable bonds is 7. The van der Waals surface area contributed by atoms with Crippen LogP contribution in [0.15, 0.2) is 102 Å². The van der Waals surface area contributed by atoms with E-state index in [2.05, 4.69) is 55.6 Å². The van der Waals surface area contributed by atoms with E-state index in [1.54, 1.807) is 16.0 Å². The lowest BCUT2D eigenvalue weighted by Crippen LogP contribution is -2.31. The SMILES string of the molecule is Cc1ccc(-n2nc(-c3cccs3)cc2C(=O)NC(Cc2ccccc2)c2ccccc2)c(C)c1. The molecule has 0 aliphatic heterocycles. The lowest BCUT2D eigenvalue weighted by molar-refractivity contribution is 0.0928. The van der Waals surface area contributed by atoms with Crippen molar-refractivity contribution in [1.29, 1.82) is 0 Å². The number of amides is 1. The minimum atomic E-state index is -0.168. The van der Waals surface area contributed by atoms with Crippen LogP contribution in [-0.4, -0.2) is 15.7 Å². The van der Waals surface area contributed by atoms with Crippen LogP contribution in [0.25, 0.3) is 16.3 Å². The van der Waals surface area contributed by atoms with Crippen molar-refractivity contribution in [2.75, 3.05) is 0 Å². The van der Waals surface area contributed by atoms with Crippen LogP contribution < -0.4 is 5.32 Å². The molecule has 0 spiro atoms. The summed E-state index contributed by atoms with van der Waals surface area (Å²) in [5, 5.41) is 10.2. The fourth-order valence-electron chi connectivity index (χ4n) is 4.33. The van der Waals surface area contributed by atoms with Crippen LogP contribution >= 0.6 is 11.3 Å². The lowest BCUT2D eigenvalue weighted by Gasteiger charge is -2.20. The third-order valence-corrected chi connectivity index (χ3v) is 6.98. The number of hydrogen-bond acceptors (Lipinski definition) is 3. The summed E-state index contributed by atoms with van der Waals surface area (Å²) in [7, 11) is 0. The molecule has 3 aromatic carbocycles. The highest BCUT2D eigenvalue weighted by atomic mass is 32.1. The molecule has 0 radical (unpaired) electrons. The molecule has 5 heteroatoms. The Balaban J connectivity index is 1.53. The van der Waals surface area contributed by atoms with Gasteiger partial charge in [-0.25, -0.2) is 4.68 Å². The van der Waals surface area contributed by atoms with Crippen LogP contribution in [0.2, 0.25) is 0 Å². The Morgan fingerprint density at radius 3 is 2.34 bits per heavy atom. The molecule has 0 saturated heterocycles. The Hall–Kier alpha value is -3.96. The molecular weight excluding hydrogens is 450 g/mol. The monoisotopic (exact) mass is 477 g/mol. The third kappa shape index (κ3) is 5.10. The number of benzene rings is 3. The molecule has 5 aromatic rings. The molecule has 1 N–H and O–H groups in total. The molecule has 2 aromatic heterocycles. The zero-order valence-electron chi connectivity index (χ0n) is 19.8. The van der Waals surface area contributed by atoms with Crippen molar-refractivity contribution in [3.05, 3.63) is 130 Å². The third-order valence-electron chi connectivity index (χ3n) is 6.09. The Kier molecular flexibility index (Phi) is 6.59. The number of carbonyl (C=O) groups is 1. The molecule has 1 atom stereocenters. The van der Waals surface area contributed by atoms with Gasteiger partial charge in [-0.05, 0) is 60.5 Å². The standard InChI is InChI=1S/C30H27N3OS/c1-21-15-16-27(22(2)18-21)33-28(20-26(32-33)29-14-9-17-35-29)30(34)31-25(24-12-7-4-8-13-24)19-23-10-5-3-6-11-23/h3-18,20,25H,19H2,1-2H3,(H,31,34). The largest absolute Gasteiger partial charge is 0.344 e. The molecule has 0 aliphatic carbocycles. The van der Waals surface area contributed by atoms with E-state index in [0.717, 1.165) is 27.4 Å². The first-order chi connectivity index (χ1) is 17.1. The van der Waals surface area contributed by atoms with E-state index in [1.165, 1.54) is 11.1 Å². The number of nitrogens with one attached hydrogen (secondary N) is 1. The second-order valence-electron chi connectivity index (χ2n) is 8.72.